The maximum Gasteiger partial charge on any atom is 0.259 e. The van der Waals surface area contributed by atoms with E-state index in [1.807, 2.05) is 75.4 Å². The molecule has 14 heteroatoms. The number of likely N-dealkylation sites (tertiary alicyclic amines) is 2. The maximum absolute atomic E-state index is 14.7. The molecule has 2 aromatic carbocycles. The number of nitrogens with zero attached hydrogens (tertiary/aromatic N) is 3. The summed E-state index contributed by atoms with van der Waals surface area (Å²) in [6, 6.07) is 15.9. The van der Waals surface area contributed by atoms with Crippen LogP contribution >= 0.6 is 0 Å². The van der Waals surface area contributed by atoms with Crippen molar-refractivity contribution < 1.29 is 37.1 Å². The normalized spacial score (nSPS) is 24.0. The molecule has 292 valence electrons. The van der Waals surface area contributed by atoms with E-state index in [0.29, 0.717) is 54.0 Å². The molecular formula is C41H49N5O8S. The van der Waals surface area contributed by atoms with Crippen LogP contribution in [0.1, 0.15) is 59.3 Å². The minimum absolute atomic E-state index is 0.0140. The summed E-state index contributed by atoms with van der Waals surface area (Å²) >= 11 is 0. The zero-order valence-corrected chi connectivity index (χ0v) is 32.6. The fourth-order valence-corrected chi connectivity index (χ4v) is 8.93. The summed E-state index contributed by atoms with van der Waals surface area (Å²) < 4.78 is 39.9. The first-order valence-electron chi connectivity index (χ1n) is 18.9. The molecule has 3 heterocycles. The van der Waals surface area contributed by atoms with E-state index >= 15 is 0 Å². The fourth-order valence-electron chi connectivity index (χ4n) is 7.56. The average Bonchev–Trinajstić information content (AvgIpc) is 4.06. The molecular weight excluding hydrogens is 723 g/mol. The van der Waals surface area contributed by atoms with Gasteiger partial charge in [-0.25, -0.2) is 13.4 Å². The Balaban J connectivity index is 1.21. The molecule has 1 unspecified atom stereocenters. The second kappa shape index (κ2) is 14.6. The Morgan fingerprint density at radius 3 is 2.40 bits per heavy atom. The smallest absolute Gasteiger partial charge is 0.259 e. The van der Waals surface area contributed by atoms with Gasteiger partial charge >= 0.3 is 0 Å². The molecule has 2 aliphatic heterocycles. The Bertz CT molecular complexity index is 2130. The quantitative estimate of drug-likeness (QED) is 0.242. The van der Waals surface area contributed by atoms with Crippen molar-refractivity contribution in [3.8, 4) is 22.8 Å². The van der Waals surface area contributed by atoms with E-state index in [9.17, 15) is 27.6 Å². The van der Waals surface area contributed by atoms with E-state index in [4.69, 9.17) is 14.5 Å². The lowest BCUT2D eigenvalue weighted by molar-refractivity contribution is -0.149. The first-order valence-corrected chi connectivity index (χ1v) is 20.5. The molecule has 2 saturated heterocycles. The summed E-state index contributed by atoms with van der Waals surface area (Å²) in [5.41, 5.74) is -0.00808. The largest absolute Gasteiger partial charge is 0.497 e. The molecule has 5 atom stereocenters. The summed E-state index contributed by atoms with van der Waals surface area (Å²) in [6.07, 6.45) is 2.93. The lowest BCUT2D eigenvalue weighted by atomic mass is 9.77. The van der Waals surface area contributed by atoms with Crippen molar-refractivity contribution in [3.05, 3.63) is 67.3 Å². The molecule has 7 rings (SSSR count). The Labute approximate surface area is 321 Å². The molecule has 0 spiro atoms. The summed E-state index contributed by atoms with van der Waals surface area (Å²) in [5.74, 6) is -2.05. The van der Waals surface area contributed by atoms with Crippen molar-refractivity contribution in [2.45, 2.75) is 82.2 Å². The molecule has 0 bridgehead atoms. The van der Waals surface area contributed by atoms with Gasteiger partial charge in [0.25, 0.3) is 5.91 Å². The van der Waals surface area contributed by atoms with E-state index in [0.717, 1.165) is 12.0 Å². The Kier molecular flexibility index (Phi) is 10.2. The van der Waals surface area contributed by atoms with Crippen LogP contribution in [0, 0.1) is 17.3 Å². The average molecular weight is 772 g/mol. The van der Waals surface area contributed by atoms with Gasteiger partial charge in [-0.05, 0) is 43.2 Å². The van der Waals surface area contributed by atoms with Gasteiger partial charge in [-0.15, -0.1) is 6.58 Å². The van der Waals surface area contributed by atoms with Gasteiger partial charge in [-0.2, -0.15) is 0 Å². The van der Waals surface area contributed by atoms with Crippen molar-refractivity contribution >= 4 is 44.6 Å². The number of nitrogens with one attached hydrogen (secondary N) is 2. The van der Waals surface area contributed by atoms with Crippen LogP contribution in [0.15, 0.2) is 67.3 Å². The number of ether oxygens (including phenoxy) is 2. The number of benzene rings is 2. The first kappa shape index (κ1) is 38.3. The fraction of sp³-hybridized carbons (Fsp3) is 0.488. The number of amides is 4. The molecule has 1 aromatic heterocycles. The number of sulfonamides is 1. The predicted octanol–water partition coefficient (Wildman–Crippen LogP) is 4.21. The first-order chi connectivity index (χ1) is 26.1. The molecule has 55 heavy (non-hydrogen) atoms. The molecule has 4 fully saturated rings. The number of methoxy groups -OCH3 is 1. The summed E-state index contributed by atoms with van der Waals surface area (Å²) in [7, 11) is -2.31. The van der Waals surface area contributed by atoms with E-state index in [-0.39, 0.29) is 37.6 Å². The van der Waals surface area contributed by atoms with Crippen LogP contribution in [-0.4, -0.2) is 96.5 Å². The molecule has 13 nitrogen and oxygen atoms in total. The number of carbonyl (C=O) groups is 4. The molecule has 4 aliphatic rings. The lowest BCUT2D eigenvalue weighted by Gasteiger charge is -2.37. The SMILES string of the molecule is C=CC1C[C@]1(NC(=O)[C@@H]1C[C@@H](Oc2cc(-c3ccccc3)nc3cc(OC)ccc23)CN1C(=O)[C@@H](CC(=O)N1CCC1)C(C)(C)C)C(=O)NS(=O)(=O)C1CC1. The van der Waals surface area contributed by atoms with Crippen LogP contribution in [0.5, 0.6) is 11.5 Å². The highest BCUT2D eigenvalue weighted by atomic mass is 32.2. The van der Waals surface area contributed by atoms with E-state index < -0.39 is 62.0 Å². The highest BCUT2D eigenvalue weighted by Crippen LogP contribution is 2.46. The minimum atomic E-state index is -3.89. The molecule has 0 radical (unpaired) electrons. The van der Waals surface area contributed by atoms with Crippen LogP contribution < -0.4 is 19.5 Å². The van der Waals surface area contributed by atoms with Crippen LogP contribution in [0.25, 0.3) is 22.2 Å². The standard InChI is InChI=1S/C41H49N5O8S/c1-6-26-23-41(26,39(50)44-55(51,52)29-14-15-29)43-37(48)34-20-28(24-46(34)38(49)31(40(2,3)4)21-36(47)45-17-10-18-45)54-35-22-32(25-11-8-7-9-12-25)42-33-19-27(53-5)13-16-30(33)35/h6-9,11-13,16,19,22,26,28-29,31,34H,1,10,14-15,17-18,20-21,23-24H2,2-5H3,(H,43,48)(H,44,50)/t26?,28-,31-,34+,41-/m1/s1. The summed E-state index contributed by atoms with van der Waals surface area (Å²) in [5, 5.41) is 2.93. The van der Waals surface area contributed by atoms with Crippen molar-refractivity contribution in [2.75, 3.05) is 26.7 Å². The number of carbonyl (C=O) groups excluding carboxylic acids is 4. The van der Waals surface area contributed by atoms with Crippen molar-refractivity contribution in [2.24, 2.45) is 17.3 Å². The van der Waals surface area contributed by atoms with Gasteiger partial charge in [-0.1, -0.05) is 57.2 Å². The van der Waals surface area contributed by atoms with E-state index in [1.165, 1.54) is 11.0 Å². The van der Waals surface area contributed by atoms with E-state index in [1.54, 1.807) is 12.0 Å². The molecule has 2 aliphatic carbocycles. The molecule has 2 N–H and O–H groups in total. The van der Waals surface area contributed by atoms with Gasteiger partial charge in [0.1, 0.15) is 29.2 Å². The Morgan fingerprint density at radius 1 is 1.07 bits per heavy atom. The summed E-state index contributed by atoms with van der Waals surface area (Å²) in [4.78, 5) is 64.1. The number of rotatable bonds is 13. The van der Waals surface area contributed by atoms with Crippen LogP contribution in [0.3, 0.4) is 0 Å². The van der Waals surface area contributed by atoms with E-state index in [2.05, 4.69) is 16.6 Å². The third kappa shape index (κ3) is 7.78. The van der Waals surface area contributed by atoms with Crippen LogP contribution in [-0.2, 0) is 29.2 Å². The molecule has 4 amide bonds. The number of aromatic nitrogens is 1. The second-order valence-electron chi connectivity index (χ2n) is 16.3. The third-order valence-electron chi connectivity index (χ3n) is 11.4. The lowest BCUT2D eigenvalue weighted by Crippen LogP contribution is -2.57. The minimum Gasteiger partial charge on any atom is -0.497 e. The van der Waals surface area contributed by atoms with Gasteiger partial charge < -0.3 is 24.6 Å². The highest BCUT2D eigenvalue weighted by molar-refractivity contribution is 7.91. The van der Waals surface area contributed by atoms with Gasteiger partial charge in [-0.3, -0.25) is 23.9 Å². The van der Waals surface area contributed by atoms with Crippen LogP contribution in [0.4, 0.5) is 0 Å². The number of hydrogen-bond donors (Lipinski definition) is 2. The monoisotopic (exact) mass is 771 g/mol. The zero-order chi connectivity index (χ0) is 39.3. The Morgan fingerprint density at radius 2 is 1.80 bits per heavy atom. The van der Waals surface area contributed by atoms with Gasteiger partial charge in [0.2, 0.25) is 27.7 Å². The molecule has 3 aromatic rings. The number of pyridine rings is 1. The highest BCUT2D eigenvalue weighted by Gasteiger charge is 2.62. The topological polar surface area (TPSA) is 164 Å². The van der Waals surface area contributed by atoms with Crippen molar-refractivity contribution in [1.82, 2.24) is 24.8 Å². The third-order valence-corrected chi connectivity index (χ3v) is 13.2. The number of fused-ring (bicyclic) bond motifs is 1. The van der Waals surface area contributed by atoms with Crippen molar-refractivity contribution in [1.29, 1.82) is 0 Å². The predicted molar refractivity (Wildman–Crippen MR) is 206 cm³/mol. The zero-order valence-electron chi connectivity index (χ0n) is 31.7. The molecule has 2 saturated carbocycles. The maximum atomic E-state index is 14.7. The Hall–Kier alpha value is -4.98. The number of hydrogen-bond acceptors (Lipinski definition) is 9. The van der Waals surface area contributed by atoms with Gasteiger partial charge in [0.05, 0.1) is 36.0 Å². The van der Waals surface area contributed by atoms with Crippen LogP contribution in [0.2, 0.25) is 0 Å². The summed E-state index contributed by atoms with van der Waals surface area (Å²) in [6.45, 7) is 10.8. The van der Waals surface area contributed by atoms with Gasteiger partial charge in [0, 0.05) is 54.9 Å². The second-order valence-corrected chi connectivity index (χ2v) is 18.2. The van der Waals surface area contributed by atoms with Crippen molar-refractivity contribution in [3.63, 3.8) is 0 Å². The van der Waals surface area contributed by atoms with Gasteiger partial charge in [0.15, 0.2) is 0 Å².